The molecule has 0 saturated heterocycles. The summed E-state index contributed by atoms with van der Waals surface area (Å²) in [5, 5.41) is 0. The van der Waals surface area contributed by atoms with Crippen molar-refractivity contribution in [2.45, 2.75) is 0 Å². The van der Waals surface area contributed by atoms with Gasteiger partial charge in [-0.3, -0.25) is 0 Å². The first-order chi connectivity index (χ1) is 3.80. The van der Waals surface area contributed by atoms with Crippen LogP contribution in [-0.4, -0.2) is 11.1 Å². The fourth-order valence-electron chi connectivity index (χ4n) is 0.432. The van der Waals surface area contributed by atoms with Crippen molar-refractivity contribution < 1.29 is 0 Å². The first kappa shape index (κ1) is 5.09. The molecule has 0 spiro atoms. The summed E-state index contributed by atoms with van der Waals surface area (Å²) >= 11 is 0. The quantitative estimate of drug-likeness (QED) is 0.424. The third-order valence-corrected chi connectivity index (χ3v) is 0.907. The summed E-state index contributed by atoms with van der Waals surface area (Å²) in [5.41, 5.74) is 0. The lowest BCUT2D eigenvalue weighted by atomic mass is 10.5. The van der Waals surface area contributed by atoms with Crippen LogP contribution in [0.25, 0.3) is 0 Å². The molecule has 0 radical (unpaired) electrons. The van der Waals surface area contributed by atoms with Gasteiger partial charge < -0.3 is 4.90 Å². The van der Waals surface area contributed by atoms with Crippen LogP contribution < -0.4 is 0 Å². The molecule has 0 aromatic heterocycles. The highest BCUT2D eigenvalue weighted by Crippen LogP contribution is 2.03. The zero-order valence-corrected chi connectivity index (χ0v) is 4.54. The molecule has 2 heteroatoms. The highest BCUT2D eigenvalue weighted by Gasteiger charge is 1.88. The van der Waals surface area contributed by atoms with Crippen LogP contribution in [0.4, 0.5) is 0 Å². The molecule has 2 nitrogen and oxygen atoms in total. The molecule has 0 atom stereocenters. The molecule has 0 aromatic rings. The Bertz CT molecular complexity index is 156. The first-order valence-corrected chi connectivity index (χ1v) is 2.30. The molecular weight excluding hydrogens is 100 g/mol. The SMILES string of the molecule is C=C1N=CC=CN1[CH2-]. The standard InChI is InChI=1S/C6H7N2/c1-6-7-4-3-5-8(6)2/h3-5H,1-2H2/q-1. The molecule has 0 aliphatic carbocycles. The summed E-state index contributed by atoms with van der Waals surface area (Å²) < 4.78 is 0. The molecule has 1 aliphatic heterocycles. The van der Waals surface area contributed by atoms with E-state index < -0.39 is 0 Å². The summed E-state index contributed by atoms with van der Waals surface area (Å²) in [5.74, 6) is 0.674. The van der Waals surface area contributed by atoms with Gasteiger partial charge in [-0.25, -0.2) is 12.0 Å². The van der Waals surface area contributed by atoms with Crippen molar-refractivity contribution in [3.63, 3.8) is 0 Å². The molecule has 0 amide bonds. The Balaban J connectivity index is 2.74. The smallest absolute Gasteiger partial charge is 0.0949 e. The van der Waals surface area contributed by atoms with E-state index in [4.69, 9.17) is 0 Å². The molecule has 42 valence electrons. The van der Waals surface area contributed by atoms with Crippen LogP contribution in [0.15, 0.2) is 29.7 Å². The van der Waals surface area contributed by atoms with Gasteiger partial charge in [-0.15, -0.1) is 0 Å². The van der Waals surface area contributed by atoms with Gasteiger partial charge in [-0.05, 0) is 12.3 Å². The average molecular weight is 107 g/mol. The second-order valence-corrected chi connectivity index (χ2v) is 1.51. The van der Waals surface area contributed by atoms with E-state index in [9.17, 15) is 0 Å². The fourth-order valence-corrected chi connectivity index (χ4v) is 0.432. The molecule has 0 N–H and O–H groups in total. The summed E-state index contributed by atoms with van der Waals surface area (Å²) in [6.07, 6.45) is 5.29. The monoisotopic (exact) mass is 107 g/mol. The zero-order chi connectivity index (χ0) is 5.98. The minimum absolute atomic E-state index is 0.674. The molecule has 1 heterocycles. The van der Waals surface area contributed by atoms with E-state index in [-0.39, 0.29) is 0 Å². The lowest BCUT2D eigenvalue weighted by Gasteiger charge is -2.23. The maximum atomic E-state index is 3.87. The molecule has 0 aromatic carbocycles. The largest absolute Gasteiger partial charge is 0.488 e. The predicted molar refractivity (Wildman–Crippen MR) is 34.0 cm³/mol. The predicted octanol–water partition coefficient (Wildman–Crippen LogP) is 1.15. The van der Waals surface area contributed by atoms with Gasteiger partial charge in [0.2, 0.25) is 0 Å². The number of aliphatic imine (C=N–C) groups is 1. The van der Waals surface area contributed by atoms with E-state index in [1.807, 2.05) is 6.08 Å². The average Bonchev–Trinajstić information content (AvgIpc) is 1.77. The molecule has 0 unspecified atom stereocenters. The Morgan fingerprint density at radius 1 is 1.75 bits per heavy atom. The lowest BCUT2D eigenvalue weighted by molar-refractivity contribution is 0.614. The van der Waals surface area contributed by atoms with Gasteiger partial charge in [0.1, 0.15) is 0 Å². The third kappa shape index (κ3) is 0.780. The van der Waals surface area contributed by atoms with E-state index in [0.717, 1.165) is 0 Å². The topological polar surface area (TPSA) is 15.6 Å². The van der Waals surface area contributed by atoms with E-state index in [0.29, 0.717) is 5.82 Å². The van der Waals surface area contributed by atoms with Crippen molar-refractivity contribution in [3.05, 3.63) is 31.7 Å². The Morgan fingerprint density at radius 2 is 2.50 bits per heavy atom. The van der Waals surface area contributed by atoms with Crippen LogP contribution in [0.5, 0.6) is 0 Å². The van der Waals surface area contributed by atoms with Crippen LogP contribution in [0.3, 0.4) is 0 Å². The summed E-state index contributed by atoms with van der Waals surface area (Å²) in [6.45, 7) is 3.61. The lowest BCUT2D eigenvalue weighted by Crippen LogP contribution is -2.06. The van der Waals surface area contributed by atoms with Crippen molar-refractivity contribution >= 4 is 6.21 Å². The van der Waals surface area contributed by atoms with Crippen molar-refractivity contribution in [2.75, 3.05) is 0 Å². The van der Waals surface area contributed by atoms with Crippen LogP contribution in [0, 0.1) is 7.05 Å². The highest BCUT2D eigenvalue weighted by molar-refractivity contribution is 5.73. The van der Waals surface area contributed by atoms with E-state index in [1.165, 1.54) is 0 Å². The Labute approximate surface area is 48.8 Å². The van der Waals surface area contributed by atoms with Crippen LogP contribution in [0.1, 0.15) is 0 Å². The molecular formula is C6H7N2-. The minimum atomic E-state index is 0.674. The number of rotatable bonds is 0. The summed E-state index contributed by atoms with van der Waals surface area (Å²) in [4.78, 5) is 5.48. The highest BCUT2D eigenvalue weighted by atomic mass is 15.2. The molecule has 1 rings (SSSR count). The van der Waals surface area contributed by atoms with Crippen LogP contribution in [0.2, 0.25) is 0 Å². The number of nitrogens with zero attached hydrogens (tertiary/aromatic N) is 2. The van der Waals surface area contributed by atoms with Crippen LogP contribution >= 0.6 is 0 Å². The van der Waals surface area contributed by atoms with Crippen molar-refractivity contribution in [1.29, 1.82) is 0 Å². The maximum Gasteiger partial charge on any atom is 0.0949 e. The fraction of sp³-hybridized carbons (Fsp3) is 0. The first-order valence-electron chi connectivity index (χ1n) is 2.30. The number of allylic oxidation sites excluding steroid dienone is 1. The summed E-state index contributed by atoms with van der Waals surface area (Å²) in [6, 6.07) is 0. The van der Waals surface area contributed by atoms with Crippen molar-refractivity contribution in [2.24, 2.45) is 4.99 Å². The van der Waals surface area contributed by atoms with Gasteiger partial charge >= 0.3 is 0 Å². The van der Waals surface area contributed by atoms with Gasteiger partial charge in [0.05, 0.1) is 5.82 Å². The molecule has 0 bridgehead atoms. The Kier molecular flexibility index (Phi) is 1.16. The molecule has 0 fully saturated rings. The molecule has 0 saturated carbocycles. The maximum absolute atomic E-state index is 3.87. The van der Waals surface area contributed by atoms with E-state index >= 15 is 0 Å². The zero-order valence-electron chi connectivity index (χ0n) is 4.54. The Morgan fingerprint density at radius 3 is 2.88 bits per heavy atom. The molecule has 1 aliphatic rings. The summed E-state index contributed by atoms with van der Waals surface area (Å²) in [7, 11) is 3.61. The normalized spacial score (nSPS) is 17.6. The van der Waals surface area contributed by atoms with Crippen molar-refractivity contribution in [1.82, 2.24) is 4.90 Å². The van der Waals surface area contributed by atoms with Crippen molar-refractivity contribution in [3.8, 4) is 0 Å². The van der Waals surface area contributed by atoms with Gasteiger partial charge in [-0.1, -0.05) is 6.58 Å². The Hall–Kier alpha value is -1.05. The third-order valence-electron chi connectivity index (χ3n) is 0.907. The van der Waals surface area contributed by atoms with E-state index in [1.54, 1.807) is 17.3 Å². The van der Waals surface area contributed by atoms with E-state index in [2.05, 4.69) is 18.6 Å². The van der Waals surface area contributed by atoms with Gasteiger partial charge in [0, 0.05) is 6.21 Å². The second-order valence-electron chi connectivity index (χ2n) is 1.51. The number of hydrogen-bond acceptors (Lipinski definition) is 2. The van der Waals surface area contributed by atoms with Gasteiger partial charge in [0.25, 0.3) is 0 Å². The molecule has 8 heavy (non-hydrogen) atoms. The van der Waals surface area contributed by atoms with Crippen LogP contribution in [-0.2, 0) is 0 Å². The number of hydrogen-bond donors (Lipinski definition) is 0. The van der Waals surface area contributed by atoms with Gasteiger partial charge in [-0.2, -0.15) is 0 Å². The van der Waals surface area contributed by atoms with Gasteiger partial charge in [0.15, 0.2) is 0 Å². The minimum Gasteiger partial charge on any atom is -0.488 e. The second kappa shape index (κ2) is 1.82.